The SMILES string of the molecule is NNC(=O)C(=O)Nc1ccc(Cl)c(C(F)(F)F)c1. The Balaban J connectivity index is 3.00. The summed E-state index contributed by atoms with van der Waals surface area (Å²) in [4.78, 5) is 21.8. The minimum atomic E-state index is -4.66. The fourth-order valence-electron chi connectivity index (χ4n) is 1.07. The summed E-state index contributed by atoms with van der Waals surface area (Å²) in [5.74, 6) is 2.32. The molecule has 0 aliphatic carbocycles. The van der Waals surface area contributed by atoms with Gasteiger partial charge in [0, 0.05) is 5.69 Å². The summed E-state index contributed by atoms with van der Waals surface area (Å²) in [5, 5.41) is 1.43. The van der Waals surface area contributed by atoms with E-state index < -0.39 is 28.6 Å². The lowest BCUT2D eigenvalue weighted by Gasteiger charge is -2.11. The predicted molar refractivity (Wildman–Crippen MR) is 57.4 cm³/mol. The molecule has 0 aromatic heterocycles. The molecule has 1 rings (SSSR count). The second-order valence-electron chi connectivity index (χ2n) is 3.12. The zero-order chi connectivity index (χ0) is 13.9. The highest BCUT2D eigenvalue weighted by Crippen LogP contribution is 2.36. The molecule has 5 nitrogen and oxygen atoms in total. The second-order valence-corrected chi connectivity index (χ2v) is 3.53. The number of halogens is 4. The molecule has 0 heterocycles. The highest BCUT2D eigenvalue weighted by Gasteiger charge is 2.33. The largest absolute Gasteiger partial charge is 0.417 e. The smallest absolute Gasteiger partial charge is 0.318 e. The van der Waals surface area contributed by atoms with Crippen molar-refractivity contribution >= 4 is 29.1 Å². The molecule has 1 aromatic carbocycles. The van der Waals surface area contributed by atoms with E-state index in [0.29, 0.717) is 6.07 Å². The number of hydrogen-bond donors (Lipinski definition) is 3. The first-order valence-corrected chi connectivity index (χ1v) is 4.82. The number of hydrazine groups is 1. The third-order valence-corrected chi connectivity index (χ3v) is 2.20. The Morgan fingerprint density at radius 1 is 1.22 bits per heavy atom. The molecule has 18 heavy (non-hydrogen) atoms. The molecule has 9 heteroatoms. The van der Waals surface area contributed by atoms with Gasteiger partial charge in [-0.2, -0.15) is 13.2 Å². The molecule has 0 spiro atoms. The molecule has 0 unspecified atom stereocenters. The molecule has 0 aliphatic rings. The molecule has 0 bridgehead atoms. The number of nitrogens with two attached hydrogens (primary N) is 1. The van der Waals surface area contributed by atoms with Gasteiger partial charge in [-0.15, -0.1) is 0 Å². The maximum absolute atomic E-state index is 12.5. The van der Waals surface area contributed by atoms with Crippen molar-refractivity contribution < 1.29 is 22.8 Å². The van der Waals surface area contributed by atoms with Gasteiger partial charge in [0.2, 0.25) is 0 Å². The van der Waals surface area contributed by atoms with Crippen LogP contribution in [-0.2, 0) is 15.8 Å². The van der Waals surface area contributed by atoms with Crippen LogP contribution >= 0.6 is 11.6 Å². The maximum Gasteiger partial charge on any atom is 0.417 e. The number of anilines is 1. The molecular weight excluding hydrogens is 275 g/mol. The van der Waals surface area contributed by atoms with E-state index in [0.717, 1.165) is 12.1 Å². The van der Waals surface area contributed by atoms with Gasteiger partial charge in [0.15, 0.2) is 0 Å². The van der Waals surface area contributed by atoms with E-state index in [4.69, 9.17) is 11.6 Å². The van der Waals surface area contributed by atoms with Gasteiger partial charge in [-0.25, -0.2) is 5.84 Å². The molecular formula is C9H7ClF3N3O2. The van der Waals surface area contributed by atoms with Crippen LogP contribution in [0.2, 0.25) is 5.02 Å². The zero-order valence-corrected chi connectivity index (χ0v) is 9.39. The molecule has 1 aromatic rings. The Morgan fingerprint density at radius 2 is 1.83 bits per heavy atom. The lowest BCUT2D eigenvalue weighted by atomic mass is 10.2. The molecule has 4 N–H and O–H groups in total. The number of carbonyl (C=O) groups excluding carboxylic acids is 2. The summed E-state index contributed by atoms with van der Waals surface area (Å²) in [6.07, 6.45) is -4.66. The number of carbonyl (C=O) groups is 2. The van der Waals surface area contributed by atoms with Crippen LogP contribution in [0.1, 0.15) is 5.56 Å². The van der Waals surface area contributed by atoms with Crippen molar-refractivity contribution in [3.63, 3.8) is 0 Å². The van der Waals surface area contributed by atoms with Crippen LogP contribution in [-0.4, -0.2) is 11.8 Å². The van der Waals surface area contributed by atoms with E-state index in [2.05, 4.69) is 5.84 Å². The summed E-state index contributed by atoms with van der Waals surface area (Å²) >= 11 is 5.38. The van der Waals surface area contributed by atoms with E-state index >= 15 is 0 Å². The number of hydrogen-bond acceptors (Lipinski definition) is 3. The van der Waals surface area contributed by atoms with Gasteiger partial charge < -0.3 is 5.32 Å². The van der Waals surface area contributed by atoms with Gasteiger partial charge in [0.05, 0.1) is 10.6 Å². The molecule has 98 valence electrons. The molecule has 0 aliphatic heterocycles. The van der Waals surface area contributed by atoms with Gasteiger partial charge in [0.25, 0.3) is 0 Å². The Bertz CT molecular complexity index is 490. The van der Waals surface area contributed by atoms with Gasteiger partial charge in [-0.05, 0) is 18.2 Å². The van der Waals surface area contributed by atoms with E-state index in [1.165, 1.54) is 0 Å². The maximum atomic E-state index is 12.5. The summed E-state index contributed by atoms with van der Waals surface area (Å²) in [6, 6.07) is 2.70. The van der Waals surface area contributed by atoms with Crippen molar-refractivity contribution in [1.82, 2.24) is 5.43 Å². The first kappa shape index (κ1) is 14.3. The Labute approximate surface area is 104 Å². The lowest BCUT2D eigenvalue weighted by Crippen LogP contribution is -2.39. The average molecular weight is 282 g/mol. The van der Waals surface area contributed by atoms with Crippen molar-refractivity contribution in [3.8, 4) is 0 Å². The van der Waals surface area contributed by atoms with E-state index in [9.17, 15) is 22.8 Å². The van der Waals surface area contributed by atoms with Crippen LogP contribution in [0.3, 0.4) is 0 Å². The van der Waals surface area contributed by atoms with Crippen LogP contribution < -0.4 is 16.6 Å². The predicted octanol–water partition coefficient (Wildman–Crippen LogP) is 1.29. The van der Waals surface area contributed by atoms with E-state index in [-0.39, 0.29) is 5.69 Å². The van der Waals surface area contributed by atoms with Crippen molar-refractivity contribution in [3.05, 3.63) is 28.8 Å². The van der Waals surface area contributed by atoms with Gasteiger partial charge in [-0.1, -0.05) is 11.6 Å². The zero-order valence-electron chi connectivity index (χ0n) is 8.64. The minimum absolute atomic E-state index is 0.222. The van der Waals surface area contributed by atoms with Gasteiger partial charge >= 0.3 is 18.0 Å². The Hall–Kier alpha value is -1.80. The average Bonchev–Trinajstić information content (AvgIpc) is 2.29. The first-order chi connectivity index (χ1) is 8.25. The molecule has 0 atom stereocenters. The molecule has 0 saturated carbocycles. The van der Waals surface area contributed by atoms with Crippen molar-refractivity contribution in [1.29, 1.82) is 0 Å². The molecule has 0 fully saturated rings. The third-order valence-electron chi connectivity index (χ3n) is 1.87. The first-order valence-electron chi connectivity index (χ1n) is 4.44. The summed E-state index contributed by atoms with van der Waals surface area (Å²) in [5.41, 5.74) is 0.204. The van der Waals surface area contributed by atoms with Crippen molar-refractivity contribution in [2.75, 3.05) is 5.32 Å². The summed E-state index contributed by atoms with van der Waals surface area (Å²) < 4.78 is 37.5. The lowest BCUT2D eigenvalue weighted by molar-refractivity contribution is -0.137. The van der Waals surface area contributed by atoms with Crippen LogP contribution in [0.25, 0.3) is 0 Å². The van der Waals surface area contributed by atoms with Crippen molar-refractivity contribution in [2.45, 2.75) is 6.18 Å². The summed E-state index contributed by atoms with van der Waals surface area (Å²) in [6.45, 7) is 0. The van der Waals surface area contributed by atoms with Crippen molar-refractivity contribution in [2.24, 2.45) is 5.84 Å². The number of nitrogens with one attached hydrogen (secondary N) is 2. The monoisotopic (exact) mass is 281 g/mol. The van der Waals surface area contributed by atoms with E-state index in [1.807, 2.05) is 5.32 Å². The number of amides is 2. The fraction of sp³-hybridized carbons (Fsp3) is 0.111. The topological polar surface area (TPSA) is 84.2 Å². The van der Waals surface area contributed by atoms with Gasteiger partial charge in [0.1, 0.15) is 0 Å². The standard InChI is InChI=1S/C9H7ClF3N3O2/c10-6-2-1-4(3-5(6)9(11,12)13)15-7(17)8(18)16-14/h1-3H,14H2,(H,15,17)(H,16,18). The Morgan fingerprint density at radius 3 is 2.33 bits per heavy atom. The number of rotatable bonds is 1. The van der Waals surface area contributed by atoms with Crippen LogP contribution in [0.5, 0.6) is 0 Å². The highest BCUT2D eigenvalue weighted by molar-refractivity contribution is 6.39. The minimum Gasteiger partial charge on any atom is -0.318 e. The quantitative estimate of drug-likeness (QED) is 0.314. The summed E-state index contributed by atoms with van der Waals surface area (Å²) in [7, 11) is 0. The second kappa shape index (κ2) is 5.23. The fourth-order valence-corrected chi connectivity index (χ4v) is 1.30. The molecule has 0 radical (unpaired) electrons. The van der Waals surface area contributed by atoms with Gasteiger partial charge in [-0.3, -0.25) is 15.0 Å². The van der Waals surface area contributed by atoms with Crippen LogP contribution in [0, 0.1) is 0 Å². The number of alkyl halides is 3. The normalized spacial score (nSPS) is 10.9. The number of benzene rings is 1. The Kier molecular flexibility index (Phi) is 4.15. The molecule has 0 saturated heterocycles. The third kappa shape index (κ3) is 3.34. The van der Waals surface area contributed by atoms with Crippen LogP contribution in [0.4, 0.5) is 18.9 Å². The molecule has 2 amide bonds. The highest BCUT2D eigenvalue weighted by atomic mass is 35.5. The van der Waals surface area contributed by atoms with Crippen LogP contribution in [0.15, 0.2) is 18.2 Å². The van der Waals surface area contributed by atoms with E-state index in [1.54, 1.807) is 5.43 Å².